The molecule has 0 spiro atoms. The molecule has 2 atom stereocenters. The normalized spacial score (nSPS) is 21.5. The maximum atomic E-state index is 13.4. The fourth-order valence-corrected chi connectivity index (χ4v) is 4.15. The number of esters is 1. The first-order chi connectivity index (χ1) is 15.0. The molecule has 3 amide bonds. The Morgan fingerprint density at radius 3 is 2.81 bits per heavy atom. The number of nitrogens with one attached hydrogen (secondary N) is 1. The van der Waals surface area contributed by atoms with Gasteiger partial charge >= 0.3 is 5.97 Å². The lowest BCUT2D eigenvalue weighted by Crippen LogP contribution is -2.62. The second kappa shape index (κ2) is 8.71. The number of ether oxygens (including phenoxy) is 1. The second-order valence-corrected chi connectivity index (χ2v) is 7.56. The smallest absolute Gasteiger partial charge is 0.330 e. The Kier molecular flexibility index (Phi) is 5.83. The molecule has 1 aromatic heterocycles. The number of hydrazine groups is 1. The highest BCUT2D eigenvalue weighted by Crippen LogP contribution is 2.26. The van der Waals surface area contributed by atoms with E-state index >= 15 is 0 Å². The lowest BCUT2D eigenvalue weighted by molar-refractivity contribution is -0.182. The fourth-order valence-electron chi connectivity index (χ4n) is 4.15. The highest BCUT2D eigenvalue weighted by atomic mass is 16.5. The number of pyridine rings is 1. The van der Waals surface area contributed by atoms with Crippen molar-refractivity contribution in [3.63, 3.8) is 0 Å². The number of hydrogen-bond acceptors (Lipinski definition) is 6. The van der Waals surface area contributed by atoms with E-state index in [1.165, 1.54) is 10.0 Å². The minimum atomic E-state index is -0.947. The third-order valence-electron chi connectivity index (χ3n) is 5.61. The number of benzene rings is 1. The zero-order chi connectivity index (χ0) is 22.0. The van der Waals surface area contributed by atoms with Crippen LogP contribution in [0.3, 0.4) is 0 Å². The standard InChI is InChI=1S/C22H24N4O5/c1-2-31-22(30)17-8-5-13-25-18(27)10-9-16(21(29)26(17)25)24-20(28)19-15-7-4-3-6-14(15)11-12-23-19/h3-4,6-7,11-12,16-17H,2,5,8-10,13H2,1H3,(H,24,28)/t16-,17-/m0/s1. The van der Waals surface area contributed by atoms with Gasteiger partial charge in [-0.15, -0.1) is 0 Å². The van der Waals surface area contributed by atoms with Crippen LogP contribution >= 0.6 is 0 Å². The summed E-state index contributed by atoms with van der Waals surface area (Å²) in [5.74, 6) is -1.78. The third-order valence-corrected chi connectivity index (χ3v) is 5.61. The number of carbonyl (C=O) groups is 4. The first-order valence-corrected chi connectivity index (χ1v) is 10.5. The summed E-state index contributed by atoms with van der Waals surface area (Å²) in [4.78, 5) is 55.7. The van der Waals surface area contributed by atoms with Gasteiger partial charge in [0.1, 0.15) is 11.7 Å². The summed E-state index contributed by atoms with van der Waals surface area (Å²) in [6, 6.07) is 7.32. The summed E-state index contributed by atoms with van der Waals surface area (Å²) in [7, 11) is 0. The first-order valence-electron chi connectivity index (χ1n) is 10.5. The lowest BCUT2D eigenvalue weighted by Gasteiger charge is -2.42. The molecule has 1 N–H and O–H groups in total. The second-order valence-electron chi connectivity index (χ2n) is 7.56. The summed E-state index contributed by atoms with van der Waals surface area (Å²) >= 11 is 0. The van der Waals surface area contributed by atoms with Crippen LogP contribution in [0.2, 0.25) is 0 Å². The summed E-state index contributed by atoms with van der Waals surface area (Å²) in [5, 5.41) is 6.79. The van der Waals surface area contributed by atoms with E-state index in [1.807, 2.05) is 18.2 Å². The monoisotopic (exact) mass is 424 g/mol. The molecule has 9 heteroatoms. The number of hydrogen-bond donors (Lipinski definition) is 1. The summed E-state index contributed by atoms with van der Waals surface area (Å²) < 4.78 is 5.12. The Hall–Kier alpha value is -3.49. The van der Waals surface area contributed by atoms with Crippen LogP contribution in [-0.4, -0.2) is 63.9 Å². The largest absolute Gasteiger partial charge is 0.464 e. The molecule has 0 saturated carbocycles. The van der Waals surface area contributed by atoms with Crippen molar-refractivity contribution in [3.8, 4) is 0 Å². The van der Waals surface area contributed by atoms with Gasteiger partial charge in [0.2, 0.25) is 5.91 Å². The molecule has 0 radical (unpaired) electrons. The predicted octanol–water partition coefficient (Wildman–Crippen LogP) is 1.42. The zero-order valence-electron chi connectivity index (χ0n) is 17.2. The van der Waals surface area contributed by atoms with Crippen LogP contribution in [-0.2, 0) is 19.1 Å². The van der Waals surface area contributed by atoms with Crippen molar-refractivity contribution >= 4 is 34.5 Å². The van der Waals surface area contributed by atoms with E-state index in [1.54, 1.807) is 25.3 Å². The van der Waals surface area contributed by atoms with Gasteiger partial charge < -0.3 is 10.1 Å². The molecule has 2 aliphatic heterocycles. The minimum Gasteiger partial charge on any atom is -0.464 e. The maximum Gasteiger partial charge on any atom is 0.330 e. The number of carbonyl (C=O) groups excluding carboxylic acids is 4. The van der Waals surface area contributed by atoms with E-state index in [0.717, 1.165) is 5.39 Å². The minimum absolute atomic E-state index is 0.0890. The molecule has 0 aliphatic carbocycles. The summed E-state index contributed by atoms with van der Waals surface area (Å²) in [6.07, 6.45) is 2.77. The molecule has 2 aromatic rings. The van der Waals surface area contributed by atoms with Gasteiger partial charge in [0.25, 0.3) is 11.8 Å². The Balaban J connectivity index is 1.61. The highest BCUT2D eigenvalue weighted by molar-refractivity contribution is 6.06. The van der Waals surface area contributed by atoms with Gasteiger partial charge in [-0.2, -0.15) is 0 Å². The SMILES string of the molecule is CCOC(=O)[C@@H]1CCCN2C(=O)CC[C@H](NC(=O)c3nccc4ccccc34)C(=O)N12. The predicted molar refractivity (Wildman–Crippen MR) is 110 cm³/mol. The Morgan fingerprint density at radius 1 is 1.19 bits per heavy atom. The van der Waals surface area contributed by atoms with Crippen LogP contribution in [0, 0.1) is 0 Å². The molecular weight excluding hydrogens is 400 g/mol. The van der Waals surface area contributed by atoms with Gasteiger partial charge in [0.05, 0.1) is 6.61 Å². The molecular formula is C22H24N4O5. The molecule has 9 nitrogen and oxygen atoms in total. The van der Waals surface area contributed by atoms with Crippen LogP contribution in [0.4, 0.5) is 0 Å². The van der Waals surface area contributed by atoms with E-state index in [4.69, 9.17) is 4.74 Å². The van der Waals surface area contributed by atoms with Crippen molar-refractivity contribution in [2.45, 2.75) is 44.7 Å². The third kappa shape index (κ3) is 3.95. The number of fused-ring (bicyclic) bond motifs is 2. The molecule has 0 unspecified atom stereocenters. The number of nitrogens with zero attached hydrogens (tertiary/aromatic N) is 3. The average molecular weight is 424 g/mol. The van der Waals surface area contributed by atoms with Crippen molar-refractivity contribution in [2.75, 3.05) is 13.2 Å². The van der Waals surface area contributed by atoms with E-state index < -0.39 is 29.9 Å². The Labute approximate surface area is 179 Å². The van der Waals surface area contributed by atoms with Gasteiger partial charge in [-0.1, -0.05) is 24.3 Å². The average Bonchev–Trinajstić information content (AvgIpc) is 2.91. The quantitative estimate of drug-likeness (QED) is 0.744. The number of amides is 3. The van der Waals surface area contributed by atoms with Gasteiger partial charge in [0, 0.05) is 24.5 Å². The van der Waals surface area contributed by atoms with E-state index in [9.17, 15) is 19.2 Å². The van der Waals surface area contributed by atoms with Crippen molar-refractivity contribution in [1.82, 2.24) is 20.3 Å². The van der Waals surface area contributed by atoms with Crippen molar-refractivity contribution in [2.24, 2.45) is 0 Å². The van der Waals surface area contributed by atoms with E-state index in [2.05, 4.69) is 10.3 Å². The first kappa shape index (κ1) is 20.8. The van der Waals surface area contributed by atoms with Crippen molar-refractivity contribution in [1.29, 1.82) is 0 Å². The Bertz CT molecular complexity index is 1030. The summed E-state index contributed by atoms with van der Waals surface area (Å²) in [6.45, 7) is 2.22. The molecule has 2 saturated heterocycles. The van der Waals surface area contributed by atoms with Crippen molar-refractivity contribution < 1.29 is 23.9 Å². The topological polar surface area (TPSA) is 109 Å². The van der Waals surface area contributed by atoms with Crippen LogP contribution in [0.15, 0.2) is 36.5 Å². The van der Waals surface area contributed by atoms with E-state index in [-0.39, 0.29) is 31.0 Å². The molecule has 4 rings (SSSR count). The molecule has 31 heavy (non-hydrogen) atoms. The molecule has 2 aliphatic rings. The van der Waals surface area contributed by atoms with Gasteiger partial charge in [0.15, 0.2) is 6.04 Å². The lowest BCUT2D eigenvalue weighted by atomic mass is 10.1. The molecule has 2 fully saturated rings. The van der Waals surface area contributed by atoms with Crippen molar-refractivity contribution in [3.05, 3.63) is 42.2 Å². The molecule has 0 bridgehead atoms. The molecule has 1 aromatic carbocycles. The van der Waals surface area contributed by atoms with Gasteiger partial charge in [-0.25, -0.2) is 9.80 Å². The van der Waals surface area contributed by atoms with Gasteiger partial charge in [-0.05, 0) is 37.6 Å². The molecule has 162 valence electrons. The van der Waals surface area contributed by atoms with Crippen LogP contribution in [0.1, 0.15) is 43.1 Å². The number of rotatable bonds is 4. The summed E-state index contributed by atoms with van der Waals surface area (Å²) in [5.41, 5.74) is 0.207. The van der Waals surface area contributed by atoms with Gasteiger partial charge in [-0.3, -0.25) is 24.4 Å². The van der Waals surface area contributed by atoms with Crippen LogP contribution in [0.25, 0.3) is 10.8 Å². The zero-order valence-corrected chi connectivity index (χ0v) is 17.2. The maximum absolute atomic E-state index is 13.4. The van der Waals surface area contributed by atoms with Crippen LogP contribution < -0.4 is 5.32 Å². The van der Waals surface area contributed by atoms with Crippen LogP contribution in [0.5, 0.6) is 0 Å². The molecule has 3 heterocycles. The fraction of sp³-hybridized carbons (Fsp3) is 0.409. The Morgan fingerprint density at radius 2 is 2.00 bits per heavy atom. The van der Waals surface area contributed by atoms with E-state index in [0.29, 0.717) is 24.8 Å². The highest BCUT2D eigenvalue weighted by Gasteiger charge is 2.45. The number of aromatic nitrogens is 1.